The van der Waals surface area contributed by atoms with Gasteiger partial charge in [0, 0.05) is 11.5 Å². The Morgan fingerprint density at radius 1 is 0.315 bits per heavy atom. The maximum atomic E-state index is 11.7. The van der Waals surface area contributed by atoms with E-state index in [1.165, 1.54) is 0 Å². The summed E-state index contributed by atoms with van der Waals surface area (Å²) in [4.78, 5) is 14.3. The normalized spacial score (nSPS) is 13.5. The molecule has 1 N–H and O–H groups in total. The molecular formula is C48H93N3O22. The van der Waals surface area contributed by atoms with Gasteiger partial charge in [0.2, 0.25) is 0 Å². The predicted molar refractivity (Wildman–Crippen MR) is 264 cm³/mol. The van der Waals surface area contributed by atoms with Crippen molar-refractivity contribution in [1.29, 1.82) is 0 Å². The van der Waals surface area contributed by atoms with Crippen molar-refractivity contribution in [2.75, 3.05) is 271 Å². The van der Waals surface area contributed by atoms with Gasteiger partial charge in [0.05, 0.1) is 270 Å². The first-order chi connectivity index (χ1) is 36.2. The maximum Gasteiger partial charge on any atom is 0.311 e. The topological polar surface area (TPSA) is 271 Å². The molecule has 1 aliphatic carbocycles. The van der Waals surface area contributed by atoms with Gasteiger partial charge >= 0.3 is 5.97 Å². The van der Waals surface area contributed by atoms with Gasteiger partial charge in [-0.2, -0.15) is 0 Å². The zero-order valence-corrected chi connectivity index (χ0v) is 43.9. The quantitative estimate of drug-likeness (QED) is 0.0397. The average molecular weight is 1060 g/mol. The van der Waals surface area contributed by atoms with Crippen molar-refractivity contribution in [3.63, 3.8) is 0 Å². The van der Waals surface area contributed by atoms with E-state index in [4.69, 9.17) is 100 Å². The first-order valence-electron chi connectivity index (χ1n) is 26.0. The first-order valence-corrected chi connectivity index (χ1v) is 26.0. The second-order valence-electron chi connectivity index (χ2n) is 15.8. The van der Waals surface area contributed by atoms with Crippen LogP contribution in [0.15, 0.2) is 5.11 Å². The minimum Gasteiger partial charge on any atom is -0.481 e. The third-order valence-electron chi connectivity index (χ3n) is 10.1. The number of hydrogen-bond donors (Lipinski definition) is 1. The minimum absolute atomic E-state index is 0.247. The molecule has 73 heavy (non-hydrogen) atoms. The Morgan fingerprint density at radius 2 is 0.493 bits per heavy atom. The van der Waals surface area contributed by atoms with Crippen molar-refractivity contribution in [2.24, 2.45) is 10.5 Å². The van der Waals surface area contributed by atoms with Crippen LogP contribution in [-0.4, -0.2) is 282 Å². The largest absolute Gasteiger partial charge is 0.481 e. The zero-order valence-electron chi connectivity index (χ0n) is 43.9. The van der Waals surface area contributed by atoms with Crippen LogP contribution in [0.3, 0.4) is 0 Å². The molecule has 25 heteroatoms. The number of carboxylic acids is 1. The summed E-state index contributed by atoms with van der Waals surface area (Å²) in [6.07, 6.45) is 4.36. The average Bonchev–Trinajstić information content (AvgIpc) is 3.40. The van der Waals surface area contributed by atoms with E-state index in [9.17, 15) is 9.90 Å². The maximum absolute atomic E-state index is 11.7. The molecule has 0 spiro atoms. The summed E-state index contributed by atoms with van der Waals surface area (Å²) in [5.41, 5.74) is 7.43. The van der Waals surface area contributed by atoms with Gasteiger partial charge in [0.25, 0.3) is 0 Å². The molecule has 0 aliphatic heterocycles. The van der Waals surface area contributed by atoms with Crippen LogP contribution in [0.1, 0.15) is 32.1 Å². The highest BCUT2D eigenvalue weighted by Crippen LogP contribution is 2.36. The predicted octanol–water partition coefficient (Wildman–Crippen LogP) is 2.66. The van der Waals surface area contributed by atoms with Crippen molar-refractivity contribution in [3.8, 4) is 0 Å². The number of azide groups is 1. The number of hydrogen-bond acceptors (Lipinski definition) is 22. The molecule has 0 aromatic heterocycles. The molecule has 0 saturated heterocycles. The molecule has 0 bridgehead atoms. The smallest absolute Gasteiger partial charge is 0.311 e. The van der Waals surface area contributed by atoms with Crippen LogP contribution in [0.5, 0.6) is 0 Å². The van der Waals surface area contributed by atoms with Crippen LogP contribution in [-0.2, 0) is 99.5 Å². The van der Waals surface area contributed by atoms with E-state index >= 15 is 0 Å². The summed E-state index contributed by atoms with van der Waals surface area (Å²) in [6, 6.07) is 0. The van der Waals surface area contributed by atoms with E-state index in [1.807, 2.05) is 0 Å². The van der Waals surface area contributed by atoms with Gasteiger partial charge in [-0.15, -0.1) is 0 Å². The van der Waals surface area contributed by atoms with E-state index in [1.54, 1.807) is 0 Å². The Morgan fingerprint density at radius 3 is 0.671 bits per heavy atom. The summed E-state index contributed by atoms with van der Waals surface area (Å²) >= 11 is 0. The van der Waals surface area contributed by atoms with Gasteiger partial charge in [0.1, 0.15) is 0 Å². The lowest BCUT2D eigenvalue weighted by molar-refractivity contribution is -0.156. The van der Waals surface area contributed by atoms with Gasteiger partial charge < -0.3 is 99.8 Å². The van der Waals surface area contributed by atoms with Crippen LogP contribution in [0, 0.1) is 5.41 Å². The number of carboxylic acid groups (broad SMARTS) is 1. The van der Waals surface area contributed by atoms with Crippen LogP contribution < -0.4 is 0 Å². The summed E-state index contributed by atoms with van der Waals surface area (Å²) in [7, 11) is 0. The highest BCUT2D eigenvalue weighted by Gasteiger charge is 2.39. The van der Waals surface area contributed by atoms with Gasteiger partial charge in [-0.05, 0) is 18.4 Å². The summed E-state index contributed by atoms with van der Waals surface area (Å²) < 4.78 is 110. The Hall–Kier alpha value is -2.02. The third kappa shape index (κ3) is 51.8. The lowest BCUT2D eigenvalue weighted by atomic mass is 9.75. The molecule has 25 nitrogen and oxygen atoms in total. The van der Waals surface area contributed by atoms with Crippen LogP contribution in [0.25, 0.3) is 10.4 Å². The lowest BCUT2D eigenvalue weighted by Gasteiger charge is -2.32. The highest BCUT2D eigenvalue weighted by atomic mass is 16.6. The molecule has 0 amide bonds. The number of carbonyl (C=O) groups is 1. The molecule has 0 heterocycles. The van der Waals surface area contributed by atoms with Crippen LogP contribution in [0.4, 0.5) is 0 Å². The van der Waals surface area contributed by atoms with Gasteiger partial charge in [-0.25, -0.2) is 0 Å². The molecule has 0 unspecified atom stereocenters. The fourth-order valence-corrected chi connectivity index (χ4v) is 6.24. The number of nitrogens with zero attached hydrogens (tertiary/aromatic N) is 3. The van der Waals surface area contributed by atoms with E-state index in [2.05, 4.69) is 10.0 Å². The van der Waals surface area contributed by atoms with Crippen molar-refractivity contribution in [3.05, 3.63) is 10.4 Å². The lowest BCUT2D eigenvalue weighted by Crippen LogP contribution is -2.38. The Kier molecular flexibility index (Phi) is 56.0. The molecule has 1 aliphatic rings. The number of ether oxygens (including phenoxy) is 20. The molecule has 0 radical (unpaired) electrons. The summed E-state index contributed by atoms with van der Waals surface area (Å²) in [5.74, 6) is -0.753. The molecule has 0 atom stereocenters. The van der Waals surface area contributed by atoms with Crippen molar-refractivity contribution >= 4 is 5.97 Å². The fourth-order valence-electron chi connectivity index (χ4n) is 6.24. The van der Waals surface area contributed by atoms with Crippen molar-refractivity contribution in [1.82, 2.24) is 0 Å². The molecule has 1 rings (SSSR count). The second kappa shape index (κ2) is 59.2. The minimum atomic E-state index is -0.753. The Bertz CT molecular complexity index is 1160. The van der Waals surface area contributed by atoms with E-state index in [-0.39, 0.29) is 6.61 Å². The monoisotopic (exact) mass is 1060 g/mol. The summed E-state index contributed by atoms with van der Waals surface area (Å²) in [6.45, 7) is 18.9. The third-order valence-corrected chi connectivity index (χ3v) is 10.1. The fraction of sp³-hybridized carbons (Fsp3) is 0.979. The standard InChI is InChI=1S/C48H93N3O22/c49-51-50-6-7-54-8-9-55-10-11-56-12-13-57-14-15-58-16-17-59-18-19-60-20-21-61-22-23-62-24-25-63-26-27-64-28-29-65-30-31-66-32-33-67-34-35-68-36-37-69-38-39-70-40-41-71-42-43-72-44-45-73-46-48(47(52)53)4-2-1-3-5-48/h1-46H2,(H,52,53). The van der Waals surface area contributed by atoms with Crippen molar-refractivity contribution in [2.45, 2.75) is 32.1 Å². The number of rotatable bonds is 63. The number of aliphatic carboxylic acids is 1. The second-order valence-corrected chi connectivity index (χ2v) is 15.8. The van der Waals surface area contributed by atoms with Crippen molar-refractivity contribution < 1.29 is 105 Å². The van der Waals surface area contributed by atoms with E-state index in [0.717, 1.165) is 19.3 Å². The Balaban J connectivity index is 1.61. The SMILES string of the molecule is [N-]=[N+]=NCCOCCOCCOCCOCCOCCOCCOCCOCCOCCOCCOCCOCCOCCOCCOCCOCCOCCOCCOCCOCC1(C(=O)O)CCCCC1. The summed E-state index contributed by atoms with van der Waals surface area (Å²) in [5, 5.41) is 13.0. The van der Waals surface area contributed by atoms with Gasteiger partial charge in [-0.3, -0.25) is 4.79 Å². The zero-order chi connectivity index (χ0) is 52.2. The molecule has 0 aromatic rings. The van der Waals surface area contributed by atoms with Crippen LogP contribution in [0.2, 0.25) is 0 Å². The van der Waals surface area contributed by atoms with Gasteiger partial charge in [0.15, 0.2) is 0 Å². The highest BCUT2D eigenvalue weighted by molar-refractivity contribution is 5.74. The van der Waals surface area contributed by atoms with Gasteiger partial charge in [-0.1, -0.05) is 24.4 Å². The molecular weight excluding hydrogens is 971 g/mol. The van der Waals surface area contributed by atoms with E-state index in [0.29, 0.717) is 277 Å². The molecule has 1 fully saturated rings. The first kappa shape index (κ1) is 69.0. The van der Waals surface area contributed by atoms with Crippen LogP contribution >= 0.6 is 0 Å². The molecule has 1 saturated carbocycles. The molecule has 0 aromatic carbocycles. The molecule has 432 valence electrons. The Labute approximate surface area is 433 Å². The van der Waals surface area contributed by atoms with E-state index < -0.39 is 11.4 Å².